The van der Waals surface area contributed by atoms with Crippen molar-refractivity contribution in [2.24, 2.45) is 0 Å². The summed E-state index contributed by atoms with van der Waals surface area (Å²) in [4.78, 5) is 38.0. The Kier molecular flexibility index (Phi) is 5.23. The van der Waals surface area contributed by atoms with Gasteiger partial charge in [-0.25, -0.2) is 4.79 Å². The number of halogens is 1. The van der Waals surface area contributed by atoms with Gasteiger partial charge in [0, 0.05) is 4.88 Å². The highest BCUT2D eigenvalue weighted by atomic mass is 79.9. The van der Waals surface area contributed by atoms with Crippen LogP contribution in [0.4, 0.5) is 4.79 Å². The van der Waals surface area contributed by atoms with Crippen LogP contribution in [0, 0.1) is 0 Å². The van der Waals surface area contributed by atoms with Crippen molar-refractivity contribution in [3.63, 3.8) is 0 Å². The minimum Gasteiger partial charge on any atom is -0.464 e. The highest BCUT2D eigenvalue weighted by Gasteiger charge is 2.41. The van der Waals surface area contributed by atoms with Gasteiger partial charge in [0.15, 0.2) is 0 Å². The van der Waals surface area contributed by atoms with E-state index in [1.165, 1.54) is 18.3 Å². The summed E-state index contributed by atoms with van der Waals surface area (Å²) in [6.45, 7) is 3.37. The molecule has 2 rings (SSSR count). The monoisotopic (exact) mass is 389 g/mol. The van der Waals surface area contributed by atoms with E-state index < -0.39 is 23.2 Å². The third-order valence-corrected chi connectivity index (χ3v) is 5.16. The van der Waals surface area contributed by atoms with Gasteiger partial charge < -0.3 is 4.74 Å². The third kappa shape index (κ3) is 3.56. The molecule has 0 aromatic carbocycles. The normalized spacial score (nSPS) is 18.4. The zero-order chi connectivity index (χ0) is 15.6. The summed E-state index contributed by atoms with van der Waals surface area (Å²) in [6.07, 6.45) is 1.65. The van der Waals surface area contributed by atoms with E-state index in [1.54, 1.807) is 13.0 Å². The predicted molar refractivity (Wildman–Crippen MR) is 85.9 cm³/mol. The van der Waals surface area contributed by atoms with Crippen molar-refractivity contribution in [1.29, 1.82) is 0 Å². The molecule has 1 fully saturated rings. The topological polar surface area (TPSA) is 63.7 Å². The molecule has 1 aromatic heterocycles. The number of hydrogen-bond acceptors (Lipinski definition) is 6. The summed E-state index contributed by atoms with van der Waals surface area (Å²) >= 11 is 5.63. The predicted octanol–water partition coefficient (Wildman–Crippen LogP) is 3.50. The number of hydrogen-bond donors (Lipinski definition) is 0. The van der Waals surface area contributed by atoms with Crippen molar-refractivity contribution in [3.8, 4) is 0 Å². The largest absolute Gasteiger partial charge is 0.464 e. The molecule has 8 heteroatoms. The number of imide groups is 1. The van der Waals surface area contributed by atoms with Gasteiger partial charge in [0.05, 0.1) is 15.3 Å². The van der Waals surface area contributed by atoms with Crippen LogP contribution in [0.1, 0.15) is 18.7 Å². The second-order valence-electron chi connectivity index (χ2n) is 4.12. The van der Waals surface area contributed by atoms with E-state index in [2.05, 4.69) is 15.9 Å². The zero-order valence-electron chi connectivity index (χ0n) is 11.3. The Morgan fingerprint density at radius 2 is 2.19 bits per heavy atom. The Bertz CT molecular complexity index is 625. The lowest BCUT2D eigenvalue weighted by Gasteiger charge is -2.19. The fourth-order valence-electron chi connectivity index (χ4n) is 1.72. The van der Waals surface area contributed by atoms with E-state index in [1.807, 2.05) is 12.1 Å². The summed E-state index contributed by atoms with van der Waals surface area (Å²) < 4.78 is 5.79. The number of rotatable bonds is 4. The molecule has 1 atom stereocenters. The molecule has 0 spiro atoms. The number of thiophene rings is 1. The van der Waals surface area contributed by atoms with Gasteiger partial charge in [0.25, 0.3) is 11.1 Å². The molecule has 0 N–H and O–H groups in total. The fraction of sp³-hybridized carbons (Fsp3) is 0.308. The van der Waals surface area contributed by atoms with Gasteiger partial charge in [0.2, 0.25) is 0 Å². The van der Waals surface area contributed by atoms with Crippen LogP contribution >= 0.6 is 39.0 Å². The second kappa shape index (κ2) is 6.76. The van der Waals surface area contributed by atoms with E-state index in [0.29, 0.717) is 4.91 Å². The Morgan fingerprint density at radius 1 is 1.48 bits per heavy atom. The summed E-state index contributed by atoms with van der Waals surface area (Å²) in [6, 6.07) is 2.79. The zero-order valence-corrected chi connectivity index (χ0v) is 14.5. The minimum atomic E-state index is -0.918. The number of amides is 2. The summed E-state index contributed by atoms with van der Waals surface area (Å²) in [5, 5.41) is -0.456. The van der Waals surface area contributed by atoms with E-state index in [4.69, 9.17) is 4.74 Å². The number of ether oxygens (including phenoxy) is 1. The molecule has 112 valence electrons. The molecule has 1 saturated heterocycles. The van der Waals surface area contributed by atoms with Gasteiger partial charge in [-0.05, 0) is 59.7 Å². The van der Waals surface area contributed by atoms with E-state index >= 15 is 0 Å². The summed E-state index contributed by atoms with van der Waals surface area (Å²) in [5.74, 6) is -1.05. The third-order valence-electron chi connectivity index (χ3n) is 2.71. The van der Waals surface area contributed by atoms with Gasteiger partial charge in [-0.1, -0.05) is 0 Å². The molecule has 0 bridgehead atoms. The van der Waals surface area contributed by atoms with Crippen molar-refractivity contribution in [2.75, 3.05) is 6.61 Å². The molecule has 0 unspecified atom stereocenters. The Morgan fingerprint density at radius 3 is 2.76 bits per heavy atom. The van der Waals surface area contributed by atoms with E-state index in [9.17, 15) is 14.4 Å². The smallest absolute Gasteiger partial charge is 0.329 e. The molecular weight excluding hydrogens is 378 g/mol. The van der Waals surface area contributed by atoms with Crippen LogP contribution in [0.25, 0.3) is 6.08 Å². The first-order valence-electron chi connectivity index (χ1n) is 6.13. The van der Waals surface area contributed by atoms with E-state index in [-0.39, 0.29) is 6.61 Å². The SMILES string of the molecule is CCOC(=O)[C@@H](C)N1C(=O)S/C(=C\c2ccc(Br)s2)C1=O. The Labute approximate surface area is 138 Å². The van der Waals surface area contributed by atoms with Crippen LogP contribution < -0.4 is 0 Å². The van der Waals surface area contributed by atoms with Gasteiger partial charge in [-0.3, -0.25) is 14.5 Å². The number of nitrogens with zero attached hydrogens (tertiary/aromatic N) is 1. The number of esters is 1. The first-order valence-corrected chi connectivity index (χ1v) is 8.55. The molecule has 21 heavy (non-hydrogen) atoms. The van der Waals surface area contributed by atoms with Crippen molar-refractivity contribution in [1.82, 2.24) is 4.90 Å². The first-order chi connectivity index (χ1) is 9.93. The maximum Gasteiger partial charge on any atom is 0.329 e. The molecule has 0 saturated carbocycles. The maximum atomic E-state index is 12.3. The molecule has 1 aliphatic rings. The van der Waals surface area contributed by atoms with Crippen LogP contribution in [0.3, 0.4) is 0 Å². The van der Waals surface area contributed by atoms with Crippen LogP contribution in [0.5, 0.6) is 0 Å². The van der Waals surface area contributed by atoms with Gasteiger partial charge in [-0.15, -0.1) is 11.3 Å². The minimum absolute atomic E-state index is 0.207. The molecule has 0 radical (unpaired) electrons. The van der Waals surface area contributed by atoms with Gasteiger partial charge in [0.1, 0.15) is 6.04 Å². The van der Waals surface area contributed by atoms with Crippen LogP contribution in [0.2, 0.25) is 0 Å². The van der Waals surface area contributed by atoms with E-state index in [0.717, 1.165) is 25.3 Å². The average Bonchev–Trinajstić information content (AvgIpc) is 2.94. The number of carbonyl (C=O) groups excluding carboxylic acids is 3. The van der Waals surface area contributed by atoms with Crippen molar-refractivity contribution >= 4 is 62.2 Å². The highest BCUT2D eigenvalue weighted by molar-refractivity contribution is 9.11. The number of thioether (sulfide) groups is 1. The lowest BCUT2D eigenvalue weighted by molar-refractivity contribution is -0.150. The summed E-state index contributed by atoms with van der Waals surface area (Å²) in [7, 11) is 0. The Balaban J connectivity index is 2.20. The molecule has 1 aromatic rings. The van der Waals surface area contributed by atoms with Crippen molar-refractivity contribution < 1.29 is 19.1 Å². The van der Waals surface area contributed by atoms with Gasteiger partial charge >= 0.3 is 5.97 Å². The lowest BCUT2D eigenvalue weighted by atomic mass is 10.3. The first kappa shape index (κ1) is 16.3. The van der Waals surface area contributed by atoms with Crippen LogP contribution in [-0.4, -0.2) is 34.7 Å². The quantitative estimate of drug-likeness (QED) is 0.582. The second-order valence-corrected chi connectivity index (χ2v) is 7.61. The average molecular weight is 390 g/mol. The summed E-state index contributed by atoms with van der Waals surface area (Å²) in [5.41, 5.74) is 0. The molecule has 5 nitrogen and oxygen atoms in total. The number of carbonyl (C=O) groups is 3. The van der Waals surface area contributed by atoms with Crippen LogP contribution in [0.15, 0.2) is 20.8 Å². The Hall–Kier alpha value is -1.12. The molecule has 0 aliphatic carbocycles. The standard InChI is InChI=1S/C13H12BrNO4S2/c1-3-19-12(17)7(2)15-11(16)9(21-13(15)18)6-8-4-5-10(14)20-8/h4-7H,3H2,1-2H3/b9-6-/t7-/m1/s1. The molecule has 2 heterocycles. The maximum absolute atomic E-state index is 12.3. The van der Waals surface area contributed by atoms with Gasteiger partial charge in [-0.2, -0.15) is 0 Å². The lowest BCUT2D eigenvalue weighted by Crippen LogP contribution is -2.42. The molecule has 2 amide bonds. The van der Waals surface area contributed by atoms with Crippen LogP contribution in [-0.2, 0) is 14.3 Å². The molecular formula is C13H12BrNO4S2. The highest BCUT2D eigenvalue weighted by Crippen LogP contribution is 2.35. The fourth-order valence-corrected chi connectivity index (χ4v) is 4.06. The van der Waals surface area contributed by atoms with Crippen molar-refractivity contribution in [2.45, 2.75) is 19.9 Å². The van der Waals surface area contributed by atoms with Crippen molar-refractivity contribution in [3.05, 3.63) is 25.7 Å². The molecule has 1 aliphatic heterocycles.